The molecule has 5 rings (SSSR count). The molecule has 38 heavy (non-hydrogen) atoms. The molecular formula is C28H29N3O5S2. The van der Waals surface area contributed by atoms with Crippen molar-refractivity contribution in [3.8, 4) is 5.75 Å². The van der Waals surface area contributed by atoms with E-state index in [1.807, 2.05) is 54.0 Å². The minimum atomic E-state index is -3.76. The number of hydrogen-bond donors (Lipinski definition) is 0. The molecule has 0 fully saturated rings. The van der Waals surface area contributed by atoms with Gasteiger partial charge in [-0.3, -0.25) is 9.10 Å². The van der Waals surface area contributed by atoms with Crippen LogP contribution in [0.25, 0.3) is 10.2 Å². The number of sulfonamides is 1. The third kappa shape index (κ3) is 4.99. The number of para-hydroxylation sites is 2. The largest absolute Gasteiger partial charge is 0.492 e. The van der Waals surface area contributed by atoms with Gasteiger partial charge in [0.25, 0.3) is 15.9 Å². The Kier molecular flexibility index (Phi) is 7.64. The fourth-order valence-corrected chi connectivity index (χ4v) is 7.25. The lowest BCUT2D eigenvalue weighted by molar-refractivity contribution is 0.0997. The molecule has 1 aliphatic heterocycles. The van der Waals surface area contributed by atoms with E-state index in [9.17, 15) is 13.2 Å². The molecule has 3 aromatic carbocycles. The summed E-state index contributed by atoms with van der Waals surface area (Å²) in [5.74, 6) is 0.271. The fourth-order valence-electron chi connectivity index (χ4n) is 4.64. The Morgan fingerprint density at radius 1 is 1.05 bits per heavy atom. The first kappa shape index (κ1) is 26.1. The second kappa shape index (κ2) is 11.1. The highest BCUT2D eigenvalue weighted by molar-refractivity contribution is 7.92. The number of aryl methyl sites for hydroxylation is 1. The van der Waals surface area contributed by atoms with Crippen LogP contribution < -0.4 is 13.8 Å². The van der Waals surface area contributed by atoms with Gasteiger partial charge in [-0.2, -0.15) is 4.99 Å². The average molecular weight is 552 g/mol. The number of benzene rings is 3. The van der Waals surface area contributed by atoms with Gasteiger partial charge in [0.05, 0.1) is 28.5 Å². The van der Waals surface area contributed by atoms with Crippen molar-refractivity contribution in [3.05, 3.63) is 82.7 Å². The van der Waals surface area contributed by atoms with Crippen LogP contribution in [0.15, 0.2) is 76.6 Å². The molecular weight excluding hydrogens is 522 g/mol. The van der Waals surface area contributed by atoms with Crippen molar-refractivity contribution in [2.24, 2.45) is 4.99 Å². The Balaban J connectivity index is 1.47. The summed E-state index contributed by atoms with van der Waals surface area (Å²) >= 11 is 1.39. The number of ether oxygens (including phenoxy) is 2. The zero-order chi connectivity index (χ0) is 26.7. The summed E-state index contributed by atoms with van der Waals surface area (Å²) in [7, 11) is -2.14. The predicted octanol–water partition coefficient (Wildman–Crippen LogP) is 4.63. The summed E-state index contributed by atoms with van der Waals surface area (Å²) in [5, 5.41) is 0. The smallest absolute Gasteiger partial charge is 0.279 e. The highest BCUT2D eigenvalue weighted by Crippen LogP contribution is 2.32. The fraction of sp³-hybridized carbons (Fsp3) is 0.286. The van der Waals surface area contributed by atoms with Gasteiger partial charge in [-0.15, -0.1) is 0 Å². The number of carbonyl (C=O) groups is 1. The van der Waals surface area contributed by atoms with Gasteiger partial charge in [-0.1, -0.05) is 35.6 Å². The van der Waals surface area contributed by atoms with Crippen LogP contribution in [0, 0.1) is 0 Å². The molecule has 0 aliphatic carbocycles. The van der Waals surface area contributed by atoms with E-state index in [1.54, 1.807) is 7.11 Å². The normalized spacial score (nSPS) is 14.1. The Bertz CT molecular complexity index is 1640. The number of rotatable bonds is 8. The van der Waals surface area contributed by atoms with E-state index in [-0.39, 0.29) is 4.90 Å². The zero-order valence-corrected chi connectivity index (χ0v) is 22.9. The van der Waals surface area contributed by atoms with Gasteiger partial charge in [0.1, 0.15) is 11.3 Å². The van der Waals surface area contributed by atoms with Gasteiger partial charge >= 0.3 is 0 Å². The first-order valence-corrected chi connectivity index (χ1v) is 14.7. The standard InChI is InChI=1S/C28H29N3O5S2/c1-3-36-24-11-6-12-25-26(24)30(18-19-35-2)28(37-25)29-27(32)21-13-15-22(16-14-21)38(33,34)31-17-7-9-20-8-4-5-10-23(20)31/h4-6,8,10-16H,3,7,9,17-19H2,1-2H3. The first-order valence-electron chi connectivity index (χ1n) is 12.5. The molecule has 8 nitrogen and oxygen atoms in total. The van der Waals surface area contributed by atoms with Gasteiger partial charge in [0, 0.05) is 25.8 Å². The van der Waals surface area contributed by atoms with Crippen LogP contribution in [0.1, 0.15) is 29.3 Å². The summed E-state index contributed by atoms with van der Waals surface area (Å²) in [6, 6.07) is 19.3. The molecule has 1 aliphatic rings. The van der Waals surface area contributed by atoms with E-state index in [0.29, 0.717) is 42.4 Å². The number of fused-ring (bicyclic) bond motifs is 2. The van der Waals surface area contributed by atoms with E-state index in [1.165, 1.54) is 39.9 Å². The van der Waals surface area contributed by atoms with Crippen molar-refractivity contribution in [1.29, 1.82) is 0 Å². The lowest BCUT2D eigenvalue weighted by Crippen LogP contribution is -2.35. The summed E-state index contributed by atoms with van der Waals surface area (Å²) in [6.45, 7) is 3.81. The number of carbonyl (C=O) groups excluding carboxylic acids is 1. The molecule has 198 valence electrons. The second-order valence-corrected chi connectivity index (χ2v) is 11.7. The van der Waals surface area contributed by atoms with Gasteiger partial charge in [-0.05, 0) is 67.8 Å². The molecule has 0 unspecified atom stereocenters. The van der Waals surface area contributed by atoms with Gasteiger partial charge in [0.2, 0.25) is 0 Å². The lowest BCUT2D eigenvalue weighted by atomic mass is 10.0. The first-order chi connectivity index (χ1) is 18.4. The minimum Gasteiger partial charge on any atom is -0.492 e. The van der Waals surface area contributed by atoms with E-state index >= 15 is 0 Å². The molecule has 0 N–H and O–H groups in total. The number of aromatic nitrogens is 1. The SMILES string of the molecule is CCOc1cccc2sc(=NC(=O)c3ccc(S(=O)(=O)N4CCCc5ccccc54)cc3)n(CCOC)c12. The zero-order valence-electron chi connectivity index (χ0n) is 21.3. The maximum absolute atomic E-state index is 13.4. The van der Waals surface area contributed by atoms with Crippen molar-refractivity contribution >= 4 is 43.2 Å². The molecule has 1 amide bonds. The molecule has 2 heterocycles. The molecule has 0 bridgehead atoms. The highest BCUT2D eigenvalue weighted by Gasteiger charge is 2.29. The van der Waals surface area contributed by atoms with Gasteiger partial charge in [0.15, 0.2) is 4.80 Å². The molecule has 0 saturated carbocycles. The lowest BCUT2D eigenvalue weighted by Gasteiger charge is -2.30. The highest BCUT2D eigenvalue weighted by atomic mass is 32.2. The number of anilines is 1. The van der Waals surface area contributed by atoms with Crippen LogP contribution in [0.2, 0.25) is 0 Å². The van der Waals surface area contributed by atoms with Crippen molar-refractivity contribution < 1.29 is 22.7 Å². The van der Waals surface area contributed by atoms with E-state index in [0.717, 1.165) is 34.4 Å². The summed E-state index contributed by atoms with van der Waals surface area (Å²) in [4.78, 5) is 18.2. The maximum Gasteiger partial charge on any atom is 0.279 e. The third-order valence-corrected chi connectivity index (χ3v) is 9.31. The summed E-state index contributed by atoms with van der Waals surface area (Å²) in [6.07, 6.45) is 1.61. The van der Waals surface area contributed by atoms with Crippen molar-refractivity contribution in [2.75, 3.05) is 31.2 Å². The number of amides is 1. The van der Waals surface area contributed by atoms with Crippen LogP contribution in [0.5, 0.6) is 5.75 Å². The van der Waals surface area contributed by atoms with Crippen LogP contribution in [0.3, 0.4) is 0 Å². The monoisotopic (exact) mass is 551 g/mol. The van der Waals surface area contributed by atoms with Crippen molar-refractivity contribution in [3.63, 3.8) is 0 Å². The number of thiazole rings is 1. The molecule has 0 saturated heterocycles. The van der Waals surface area contributed by atoms with E-state index in [2.05, 4.69) is 4.99 Å². The van der Waals surface area contributed by atoms with Gasteiger partial charge < -0.3 is 14.0 Å². The Hall–Kier alpha value is -3.47. The Morgan fingerprint density at radius 3 is 2.61 bits per heavy atom. The van der Waals surface area contributed by atoms with Gasteiger partial charge in [-0.25, -0.2) is 8.42 Å². The number of methoxy groups -OCH3 is 1. The van der Waals surface area contributed by atoms with Crippen molar-refractivity contribution in [2.45, 2.75) is 31.2 Å². The van der Waals surface area contributed by atoms with Crippen LogP contribution in [-0.4, -0.2) is 45.8 Å². The molecule has 0 radical (unpaired) electrons. The van der Waals surface area contributed by atoms with Crippen molar-refractivity contribution in [1.82, 2.24) is 4.57 Å². The molecule has 0 spiro atoms. The average Bonchev–Trinajstić information content (AvgIpc) is 3.29. The Morgan fingerprint density at radius 2 is 1.84 bits per heavy atom. The summed E-state index contributed by atoms with van der Waals surface area (Å²) < 4.78 is 42.3. The van der Waals surface area contributed by atoms with E-state index < -0.39 is 15.9 Å². The number of nitrogens with zero attached hydrogens (tertiary/aromatic N) is 3. The van der Waals surface area contributed by atoms with Crippen LogP contribution in [0.4, 0.5) is 5.69 Å². The van der Waals surface area contributed by atoms with E-state index in [4.69, 9.17) is 9.47 Å². The summed E-state index contributed by atoms with van der Waals surface area (Å²) in [5.41, 5.74) is 2.91. The molecule has 10 heteroatoms. The minimum absolute atomic E-state index is 0.143. The predicted molar refractivity (Wildman–Crippen MR) is 148 cm³/mol. The topological polar surface area (TPSA) is 90.2 Å². The molecule has 1 aromatic heterocycles. The third-order valence-electron chi connectivity index (χ3n) is 6.44. The molecule has 0 atom stereocenters. The second-order valence-electron chi connectivity index (χ2n) is 8.82. The maximum atomic E-state index is 13.4. The van der Waals surface area contributed by atoms with Crippen LogP contribution >= 0.6 is 11.3 Å². The number of hydrogen-bond acceptors (Lipinski definition) is 6. The Labute approximate surface area is 225 Å². The molecule has 4 aromatic rings. The van der Waals surface area contributed by atoms with Crippen LogP contribution in [-0.2, 0) is 27.7 Å². The quantitative estimate of drug-likeness (QED) is 0.319.